The van der Waals surface area contributed by atoms with E-state index in [2.05, 4.69) is 111 Å². The summed E-state index contributed by atoms with van der Waals surface area (Å²) in [5.74, 6) is 4.09. The smallest absolute Gasteiger partial charge is 0.0651 e. The van der Waals surface area contributed by atoms with E-state index in [1.54, 1.807) is 0 Å². The van der Waals surface area contributed by atoms with Crippen molar-refractivity contribution in [1.29, 1.82) is 0 Å². The van der Waals surface area contributed by atoms with Crippen molar-refractivity contribution in [2.75, 3.05) is 0 Å². The SMILES string of the molecule is CC(C)CCC[C@@](C)(O)C1CC[C@]2(C)C1[C@H](O)CC1[C@@]3(C)CC[C@H](O)C(C)(C)C3CC[C@]12C.CC(C)CCC[C@](C)(O)C1CC[C@]2(C)C1[C@H](O)CC1[C@@]3(C)CC[C@H](O)C(C)(C)C3CC[C@]12C. The minimum atomic E-state index is -0.695. The van der Waals surface area contributed by atoms with E-state index in [0.29, 0.717) is 35.5 Å². The first-order valence-electron chi connectivity index (χ1n) is 28.4. The molecule has 0 saturated heterocycles. The van der Waals surface area contributed by atoms with Gasteiger partial charge in [-0.15, -0.1) is 0 Å². The molecule has 0 aliphatic heterocycles. The zero-order valence-corrected chi connectivity index (χ0v) is 45.9. The van der Waals surface area contributed by atoms with Crippen molar-refractivity contribution in [2.45, 2.75) is 275 Å². The zero-order valence-electron chi connectivity index (χ0n) is 45.9. The standard InChI is InChI=1S/2C30H54O3/c2*1-19(2)10-9-14-30(8,33)20-11-16-29(7)25(20)21(31)18-23-27(5)15-13-24(32)26(3,4)22(27)12-17-28(23,29)6/h2*19-25,31-33H,9-18H2,1-8H3/t20?,21-,22?,23?,24+,25?,27+,28-,29-,30+;20?,21-,22?,23?,24+,25?,27+,28-,29-,30-/m11/s1. The average molecular weight is 926 g/mol. The highest BCUT2D eigenvalue weighted by molar-refractivity contribution is 5.22. The summed E-state index contributed by atoms with van der Waals surface area (Å²) in [6, 6.07) is 0. The van der Waals surface area contributed by atoms with E-state index in [0.717, 1.165) is 103 Å². The molecule has 0 aromatic rings. The Labute approximate surface area is 406 Å². The number of fused-ring (bicyclic) bond motifs is 10. The maximum Gasteiger partial charge on any atom is 0.0651 e. The van der Waals surface area contributed by atoms with E-state index in [9.17, 15) is 30.6 Å². The van der Waals surface area contributed by atoms with Crippen molar-refractivity contribution in [2.24, 2.45) is 102 Å². The van der Waals surface area contributed by atoms with E-state index in [4.69, 9.17) is 0 Å². The normalized spacial score (nSPS) is 50.9. The lowest BCUT2D eigenvalue weighted by atomic mass is 9.35. The van der Waals surface area contributed by atoms with Crippen molar-refractivity contribution in [3.8, 4) is 0 Å². The van der Waals surface area contributed by atoms with Gasteiger partial charge in [0, 0.05) is 0 Å². The van der Waals surface area contributed by atoms with Gasteiger partial charge < -0.3 is 30.6 Å². The Morgan fingerprint density at radius 3 is 1.08 bits per heavy atom. The Balaban J connectivity index is 0.000000196. The molecule has 0 aromatic carbocycles. The molecule has 8 saturated carbocycles. The number of aliphatic hydroxyl groups is 6. The van der Waals surface area contributed by atoms with Gasteiger partial charge >= 0.3 is 0 Å². The summed E-state index contributed by atoms with van der Waals surface area (Å²) in [5.41, 5.74) is -0.673. The fourth-order valence-electron chi connectivity index (χ4n) is 21.0. The van der Waals surface area contributed by atoms with E-state index < -0.39 is 11.2 Å². The number of hydrogen-bond acceptors (Lipinski definition) is 6. The van der Waals surface area contributed by atoms with Gasteiger partial charge in [-0.05, 0) is 219 Å². The van der Waals surface area contributed by atoms with Crippen LogP contribution in [0, 0.1) is 102 Å². The summed E-state index contributed by atoms with van der Waals surface area (Å²) in [5, 5.41) is 68.6. The molecule has 6 N–H and O–H groups in total. The highest BCUT2D eigenvalue weighted by Gasteiger charge is 2.73. The van der Waals surface area contributed by atoms with Crippen LogP contribution in [-0.2, 0) is 0 Å². The first kappa shape index (κ1) is 53.6. The average Bonchev–Trinajstić information content (AvgIpc) is 3.78. The third-order valence-corrected chi connectivity index (χ3v) is 25.3. The van der Waals surface area contributed by atoms with Gasteiger partial charge in [0.05, 0.1) is 35.6 Å². The Hall–Kier alpha value is -0.240. The molecule has 8 unspecified atom stereocenters. The van der Waals surface area contributed by atoms with Gasteiger partial charge in [0.1, 0.15) is 0 Å². The highest BCUT2D eigenvalue weighted by Crippen LogP contribution is 2.78. The van der Waals surface area contributed by atoms with Crippen LogP contribution in [-0.4, -0.2) is 66.3 Å². The summed E-state index contributed by atoms with van der Waals surface area (Å²) >= 11 is 0. The molecule has 8 aliphatic carbocycles. The largest absolute Gasteiger partial charge is 0.393 e. The fourth-order valence-corrected chi connectivity index (χ4v) is 21.0. The van der Waals surface area contributed by atoms with Crippen LogP contribution in [0.15, 0.2) is 0 Å². The van der Waals surface area contributed by atoms with Crippen molar-refractivity contribution >= 4 is 0 Å². The predicted octanol–water partition coefficient (Wildman–Crippen LogP) is 13.2. The summed E-state index contributed by atoms with van der Waals surface area (Å²) in [7, 11) is 0. The number of rotatable bonds is 10. The molecule has 8 fully saturated rings. The molecule has 0 amide bonds. The van der Waals surface area contributed by atoms with Gasteiger partial charge in [0.25, 0.3) is 0 Å². The predicted molar refractivity (Wildman–Crippen MR) is 271 cm³/mol. The van der Waals surface area contributed by atoms with Crippen molar-refractivity contribution < 1.29 is 30.6 Å². The minimum Gasteiger partial charge on any atom is -0.393 e. The Kier molecular flexibility index (Phi) is 14.4. The maximum atomic E-state index is 11.8. The molecule has 0 heterocycles. The van der Waals surface area contributed by atoms with Crippen LogP contribution >= 0.6 is 0 Å². The van der Waals surface area contributed by atoms with E-state index in [1.165, 1.54) is 25.7 Å². The van der Waals surface area contributed by atoms with Crippen molar-refractivity contribution in [1.82, 2.24) is 0 Å². The molecule has 0 radical (unpaired) electrons. The van der Waals surface area contributed by atoms with Crippen molar-refractivity contribution in [3.05, 3.63) is 0 Å². The first-order valence-corrected chi connectivity index (χ1v) is 28.4. The van der Waals surface area contributed by atoms with Crippen LogP contribution in [0.5, 0.6) is 0 Å². The molecule has 8 rings (SSSR count). The molecule has 66 heavy (non-hydrogen) atoms. The molecule has 8 aliphatic rings. The maximum absolute atomic E-state index is 11.8. The lowest BCUT2D eigenvalue weighted by Gasteiger charge is -2.70. The van der Waals surface area contributed by atoms with Gasteiger partial charge in [-0.25, -0.2) is 0 Å². The monoisotopic (exact) mass is 925 g/mol. The molecule has 384 valence electrons. The second-order valence-corrected chi connectivity index (χ2v) is 30.0. The molecule has 0 bridgehead atoms. The molecule has 6 nitrogen and oxygen atoms in total. The zero-order chi connectivity index (χ0) is 49.2. The Morgan fingerprint density at radius 2 is 0.758 bits per heavy atom. The van der Waals surface area contributed by atoms with Gasteiger partial charge in [-0.2, -0.15) is 0 Å². The van der Waals surface area contributed by atoms with E-state index in [1.807, 2.05) is 0 Å². The fraction of sp³-hybridized carbons (Fsp3) is 1.00. The van der Waals surface area contributed by atoms with Crippen LogP contribution in [0.1, 0.15) is 239 Å². The second-order valence-electron chi connectivity index (χ2n) is 30.0. The molecule has 6 heteroatoms. The van der Waals surface area contributed by atoms with Crippen LogP contribution in [0.25, 0.3) is 0 Å². The van der Waals surface area contributed by atoms with Gasteiger partial charge in [-0.1, -0.05) is 123 Å². The lowest BCUT2D eigenvalue weighted by Crippen LogP contribution is -2.66. The minimum absolute atomic E-state index is 0.0602. The third-order valence-electron chi connectivity index (χ3n) is 25.3. The van der Waals surface area contributed by atoms with Gasteiger partial charge in [0.15, 0.2) is 0 Å². The molecular formula is C60H108O6. The van der Waals surface area contributed by atoms with Crippen LogP contribution in [0.3, 0.4) is 0 Å². The van der Waals surface area contributed by atoms with Crippen LogP contribution < -0.4 is 0 Å². The number of aliphatic hydroxyl groups excluding tert-OH is 4. The summed E-state index contributed by atoms with van der Waals surface area (Å²) in [6.45, 7) is 37.3. The molecule has 0 spiro atoms. The highest BCUT2D eigenvalue weighted by atomic mass is 16.3. The second kappa shape index (κ2) is 17.8. The molecular weight excluding hydrogens is 817 g/mol. The third kappa shape index (κ3) is 8.13. The van der Waals surface area contributed by atoms with Gasteiger partial charge in [-0.3, -0.25) is 0 Å². The molecule has 20 atom stereocenters. The summed E-state index contributed by atoms with van der Waals surface area (Å²) in [4.78, 5) is 0. The summed E-state index contributed by atoms with van der Waals surface area (Å²) < 4.78 is 0. The summed E-state index contributed by atoms with van der Waals surface area (Å²) in [6.07, 6.45) is 19.8. The topological polar surface area (TPSA) is 121 Å². The first-order chi connectivity index (χ1) is 30.2. The quantitative estimate of drug-likeness (QED) is 0.130. The van der Waals surface area contributed by atoms with Gasteiger partial charge in [0.2, 0.25) is 0 Å². The van der Waals surface area contributed by atoms with Crippen LogP contribution in [0.4, 0.5) is 0 Å². The molecule has 0 aromatic heterocycles. The number of hydrogen-bond donors (Lipinski definition) is 6. The lowest BCUT2D eigenvalue weighted by molar-refractivity contribution is -0.246. The Bertz CT molecular complexity index is 1580. The van der Waals surface area contributed by atoms with E-state index >= 15 is 0 Å². The Morgan fingerprint density at radius 1 is 0.439 bits per heavy atom. The van der Waals surface area contributed by atoms with E-state index in [-0.39, 0.29) is 91.4 Å². The van der Waals surface area contributed by atoms with Crippen molar-refractivity contribution in [3.63, 3.8) is 0 Å². The van der Waals surface area contributed by atoms with Crippen LogP contribution in [0.2, 0.25) is 0 Å².